The predicted octanol–water partition coefficient (Wildman–Crippen LogP) is 1.42. The first-order valence-corrected chi connectivity index (χ1v) is 5.82. The largest absolute Gasteiger partial charge is 0.368 e. The van der Waals surface area contributed by atoms with Gasteiger partial charge in [-0.3, -0.25) is 9.78 Å². The molecule has 0 fully saturated rings. The van der Waals surface area contributed by atoms with Gasteiger partial charge >= 0.3 is 0 Å². The van der Waals surface area contributed by atoms with Crippen LogP contribution in [0.2, 0.25) is 0 Å². The molecule has 0 bridgehead atoms. The van der Waals surface area contributed by atoms with E-state index in [1.165, 1.54) is 0 Å². The van der Waals surface area contributed by atoms with Gasteiger partial charge in [-0.15, -0.1) is 0 Å². The summed E-state index contributed by atoms with van der Waals surface area (Å²) in [6.07, 6.45) is 2.12. The Bertz CT molecular complexity index is 390. The van der Waals surface area contributed by atoms with Gasteiger partial charge in [0, 0.05) is 19.0 Å². The van der Waals surface area contributed by atoms with E-state index >= 15 is 0 Å². The summed E-state index contributed by atoms with van der Waals surface area (Å²) < 4.78 is 0. The number of amides is 1. The maximum Gasteiger partial charge on any atom is 0.221 e. The van der Waals surface area contributed by atoms with Crippen molar-refractivity contribution in [1.29, 1.82) is 0 Å². The summed E-state index contributed by atoms with van der Waals surface area (Å²) in [6, 6.07) is 0.184. The molecule has 1 rings (SSSR count). The summed E-state index contributed by atoms with van der Waals surface area (Å²) in [5, 5.41) is 5.92. The van der Waals surface area contributed by atoms with Gasteiger partial charge in [0.1, 0.15) is 5.82 Å². The number of aryl methyl sites for hydroxylation is 2. The summed E-state index contributed by atoms with van der Waals surface area (Å²) in [5.74, 6) is 0.759. The molecule has 0 aliphatic carbocycles. The number of rotatable bonds is 5. The van der Waals surface area contributed by atoms with Gasteiger partial charge in [-0.2, -0.15) is 0 Å². The molecule has 5 nitrogen and oxygen atoms in total. The highest BCUT2D eigenvalue weighted by molar-refractivity contribution is 5.76. The minimum atomic E-state index is 0.0456. The van der Waals surface area contributed by atoms with Gasteiger partial charge in [-0.05, 0) is 27.7 Å². The van der Waals surface area contributed by atoms with E-state index in [4.69, 9.17) is 0 Å². The fourth-order valence-electron chi connectivity index (χ4n) is 1.33. The third kappa shape index (κ3) is 4.80. The highest BCUT2D eigenvalue weighted by Crippen LogP contribution is 2.05. The fourth-order valence-corrected chi connectivity index (χ4v) is 1.33. The van der Waals surface area contributed by atoms with Crippen LogP contribution in [-0.2, 0) is 4.79 Å². The summed E-state index contributed by atoms with van der Waals surface area (Å²) in [7, 11) is 0. The van der Waals surface area contributed by atoms with Crippen molar-refractivity contribution < 1.29 is 4.79 Å². The lowest BCUT2D eigenvalue weighted by Crippen LogP contribution is -2.31. The van der Waals surface area contributed by atoms with Crippen LogP contribution in [0.1, 0.15) is 31.7 Å². The van der Waals surface area contributed by atoms with Crippen molar-refractivity contribution in [2.75, 3.05) is 11.9 Å². The van der Waals surface area contributed by atoms with E-state index in [0.717, 1.165) is 11.4 Å². The van der Waals surface area contributed by atoms with Gasteiger partial charge in [0.05, 0.1) is 17.6 Å². The van der Waals surface area contributed by atoms with Crippen molar-refractivity contribution in [3.05, 3.63) is 17.6 Å². The molecule has 0 saturated carbocycles. The van der Waals surface area contributed by atoms with Gasteiger partial charge in [0.15, 0.2) is 0 Å². The molecule has 0 aromatic carbocycles. The van der Waals surface area contributed by atoms with Crippen LogP contribution in [0, 0.1) is 13.8 Å². The molecule has 0 aliphatic rings. The van der Waals surface area contributed by atoms with E-state index in [9.17, 15) is 4.79 Å². The van der Waals surface area contributed by atoms with Gasteiger partial charge in [-0.25, -0.2) is 4.98 Å². The molecular formula is C12H20N4O. The Balaban J connectivity index is 2.36. The maximum absolute atomic E-state index is 11.4. The minimum absolute atomic E-state index is 0.0456. The Morgan fingerprint density at radius 3 is 2.65 bits per heavy atom. The first kappa shape index (κ1) is 13.4. The van der Waals surface area contributed by atoms with Crippen LogP contribution in [0.15, 0.2) is 6.20 Å². The molecule has 0 atom stereocenters. The van der Waals surface area contributed by atoms with Crippen molar-refractivity contribution in [1.82, 2.24) is 15.3 Å². The van der Waals surface area contributed by atoms with Crippen molar-refractivity contribution in [2.24, 2.45) is 0 Å². The Morgan fingerprint density at radius 2 is 2.06 bits per heavy atom. The third-order valence-electron chi connectivity index (χ3n) is 2.30. The zero-order valence-electron chi connectivity index (χ0n) is 10.9. The topological polar surface area (TPSA) is 66.9 Å². The zero-order valence-corrected chi connectivity index (χ0v) is 10.9. The maximum atomic E-state index is 11.4. The number of carbonyl (C=O) groups excluding carboxylic acids is 1. The van der Waals surface area contributed by atoms with Gasteiger partial charge in [0.2, 0.25) is 5.91 Å². The molecule has 0 aliphatic heterocycles. The zero-order chi connectivity index (χ0) is 12.8. The first-order chi connectivity index (χ1) is 7.99. The Kier molecular flexibility index (Phi) is 4.87. The molecule has 0 radical (unpaired) electrons. The number of aromatic nitrogens is 2. The molecule has 0 unspecified atom stereocenters. The van der Waals surface area contributed by atoms with Crippen LogP contribution in [0.3, 0.4) is 0 Å². The SMILES string of the molecule is Cc1ncc(NCCC(=O)NC(C)C)nc1C. The number of carbonyl (C=O) groups is 1. The lowest BCUT2D eigenvalue weighted by Gasteiger charge is -2.09. The number of hydrogen-bond acceptors (Lipinski definition) is 4. The highest BCUT2D eigenvalue weighted by atomic mass is 16.1. The molecule has 0 spiro atoms. The van der Waals surface area contributed by atoms with Crippen LogP contribution in [0.5, 0.6) is 0 Å². The average molecular weight is 236 g/mol. The molecular weight excluding hydrogens is 216 g/mol. The van der Waals surface area contributed by atoms with Crippen molar-refractivity contribution >= 4 is 11.7 Å². The summed E-state index contributed by atoms with van der Waals surface area (Å²) in [6.45, 7) is 8.29. The van der Waals surface area contributed by atoms with Gasteiger partial charge < -0.3 is 10.6 Å². The van der Waals surface area contributed by atoms with Crippen LogP contribution >= 0.6 is 0 Å². The van der Waals surface area contributed by atoms with Crippen LogP contribution < -0.4 is 10.6 Å². The van der Waals surface area contributed by atoms with Crippen molar-refractivity contribution in [3.63, 3.8) is 0 Å². The smallest absolute Gasteiger partial charge is 0.221 e. The van der Waals surface area contributed by atoms with E-state index in [2.05, 4.69) is 20.6 Å². The third-order valence-corrected chi connectivity index (χ3v) is 2.30. The second-order valence-electron chi connectivity index (χ2n) is 4.33. The number of hydrogen-bond donors (Lipinski definition) is 2. The van der Waals surface area contributed by atoms with E-state index in [1.54, 1.807) is 6.20 Å². The molecule has 5 heteroatoms. The number of nitrogens with zero attached hydrogens (tertiary/aromatic N) is 2. The Labute approximate surface area is 102 Å². The molecule has 1 aromatic heterocycles. The van der Waals surface area contributed by atoms with Crippen molar-refractivity contribution in [3.8, 4) is 0 Å². The summed E-state index contributed by atoms with van der Waals surface area (Å²) in [4.78, 5) is 19.9. The summed E-state index contributed by atoms with van der Waals surface area (Å²) in [5.41, 5.74) is 1.83. The van der Waals surface area contributed by atoms with Gasteiger partial charge in [0.25, 0.3) is 0 Å². The second-order valence-corrected chi connectivity index (χ2v) is 4.33. The van der Waals surface area contributed by atoms with Gasteiger partial charge in [-0.1, -0.05) is 0 Å². The van der Waals surface area contributed by atoms with E-state index in [1.807, 2.05) is 27.7 Å². The molecule has 0 saturated heterocycles. The standard InChI is InChI=1S/C12H20N4O/c1-8(2)15-12(17)5-6-13-11-7-14-9(3)10(4)16-11/h7-8H,5-6H2,1-4H3,(H,13,16)(H,15,17). The molecule has 2 N–H and O–H groups in total. The average Bonchev–Trinajstić information content (AvgIpc) is 2.22. The Hall–Kier alpha value is -1.65. The predicted molar refractivity (Wildman–Crippen MR) is 67.9 cm³/mol. The van der Waals surface area contributed by atoms with Crippen LogP contribution in [-0.4, -0.2) is 28.5 Å². The monoisotopic (exact) mass is 236 g/mol. The minimum Gasteiger partial charge on any atom is -0.368 e. The van der Waals surface area contributed by atoms with E-state index in [-0.39, 0.29) is 11.9 Å². The molecule has 17 heavy (non-hydrogen) atoms. The normalized spacial score (nSPS) is 10.4. The highest BCUT2D eigenvalue weighted by Gasteiger charge is 2.03. The molecule has 1 amide bonds. The van der Waals surface area contributed by atoms with Crippen LogP contribution in [0.25, 0.3) is 0 Å². The first-order valence-electron chi connectivity index (χ1n) is 5.82. The molecule has 94 valence electrons. The van der Waals surface area contributed by atoms with E-state index < -0.39 is 0 Å². The summed E-state index contributed by atoms with van der Waals surface area (Å²) >= 11 is 0. The lowest BCUT2D eigenvalue weighted by molar-refractivity contribution is -0.121. The number of anilines is 1. The Morgan fingerprint density at radius 1 is 1.35 bits per heavy atom. The van der Waals surface area contributed by atoms with E-state index in [0.29, 0.717) is 18.8 Å². The van der Waals surface area contributed by atoms with Crippen molar-refractivity contribution in [2.45, 2.75) is 40.2 Å². The fraction of sp³-hybridized carbons (Fsp3) is 0.583. The quantitative estimate of drug-likeness (QED) is 0.811. The molecule has 1 heterocycles. The lowest BCUT2D eigenvalue weighted by atomic mass is 10.3. The number of nitrogens with one attached hydrogen (secondary N) is 2. The second kappa shape index (κ2) is 6.18. The van der Waals surface area contributed by atoms with Crippen LogP contribution in [0.4, 0.5) is 5.82 Å². The molecule has 1 aromatic rings.